The summed E-state index contributed by atoms with van der Waals surface area (Å²) in [5.41, 5.74) is 10.2. The van der Waals surface area contributed by atoms with Gasteiger partial charge in [-0.15, -0.1) is 0 Å². The van der Waals surface area contributed by atoms with Crippen LogP contribution in [0.15, 0.2) is 72.7 Å². The molecule has 0 saturated carbocycles. The summed E-state index contributed by atoms with van der Waals surface area (Å²) >= 11 is 0. The highest BCUT2D eigenvalue weighted by atomic mass is 16.5. The molecule has 4 rings (SSSR count). The zero-order valence-electron chi connectivity index (χ0n) is 17.6. The molecule has 1 unspecified atom stereocenters. The zero-order chi connectivity index (χ0) is 22.0. The fourth-order valence-corrected chi connectivity index (χ4v) is 4.01. The van der Waals surface area contributed by atoms with E-state index < -0.39 is 0 Å². The first-order valence-electron chi connectivity index (χ1n) is 10.0. The Morgan fingerprint density at radius 1 is 1.23 bits per heavy atom. The van der Waals surface area contributed by atoms with E-state index in [0.717, 1.165) is 11.1 Å². The number of aryl methyl sites for hydroxylation is 1. The lowest BCUT2D eigenvalue weighted by atomic mass is 9.86. The Hall–Kier alpha value is -3.87. The molecule has 0 spiro atoms. The Labute approximate surface area is 181 Å². The summed E-state index contributed by atoms with van der Waals surface area (Å²) in [6.45, 7) is 0.973. The maximum absolute atomic E-state index is 13.2. The van der Waals surface area contributed by atoms with Gasteiger partial charge in [-0.05, 0) is 34.9 Å². The summed E-state index contributed by atoms with van der Waals surface area (Å²) in [6, 6.07) is 15.3. The van der Waals surface area contributed by atoms with Gasteiger partial charge in [0.05, 0.1) is 24.7 Å². The third kappa shape index (κ3) is 4.07. The van der Waals surface area contributed by atoms with Gasteiger partial charge in [-0.25, -0.2) is 0 Å². The molecule has 3 N–H and O–H groups in total. The maximum atomic E-state index is 13.2. The minimum Gasteiger partial charge on any atom is -0.496 e. The van der Waals surface area contributed by atoms with Crippen molar-refractivity contribution in [3.05, 3.63) is 95.0 Å². The van der Waals surface area contributed by atoms with Crippen molar-refractivity contribution in [1.29, 1.82) is 5.41 Å². The average Bonchev–Trinajstić information content (AvgIpc) is 3.23. The first kappa shape index (κ1) is 20.4. The van der Waals surface area contributed by atoms with Crippen molar-refractivity contribution in [2.45, 2.75) is 12.5 Å². The first-order valence-corrected chi connectivity index (χ1v) is 10.0. The summed E-state index contributed by atoms with van der Waals surface area (Å²) in [4.78, 5) is 14.9. The molecule has 0 saturated heterocycles. The van der Waals surface area contributed by atoms with Gasteiger partial charge in [-0.2, -0.15) is 5.10 Å². The second-order valence-electron chi connectivity index (χ2n) is 7.60. The number of carbonyl (C=O) groups is 1. The molecule has 0 radical (unpaired) electrons. The van der Waals surface area contributed by atoms with Crippen molar-refractivity contribution in [1.82, 2.24) is 14.7 Å². The minimum atomic E-state index is -0.289. The van der Waals surface area contributed by atoms with Crippen LogP contribution in [0.25, 0.3) is 0 Å². The second kappa shape index (κ2) is 8.47. The molecule has 7 heteroatoms. The Balaban J connectivity index is 1.61. The molecule has 1 aromatic heterocycles. The molecule has 0 aliphatic carbocycles. The number of nitrogens with zero attached hydrogens (tertiary/aromatic N) is 3. The number of nitrogens with one attached hydrogen (secondary N) is 1. The van der Waals surface area contributed by atoms with Gasteiger partial charge in [-0.1, -0.05) is 36.4 Å². The highest BCUT2D eigenvalue weighted by molar-refractivity contribution is 6.12. The highest BCUT2D eigenvalue weighted by Gasteiger charge is 2.30. The SMILES string of the molecule is COc1ccccc1C(=N)/C=C(\N)C(=O)N1Cc2ccccc2C(c2cnn(C)c2)C1. The number of benzene rings is 2. The van der Waals surface area contributed by atoms with Crippen LogP contribution in [0.4, 0.5) is 0 Å². The van der Waals surface area contributed by atoms with Crippen LogP contribution in [0.3, 0.4) is 0 Å². The lowest BCUT2D eigenvalue weighted by Crippen LogP contribution is -2.40. The normalized spacial score (nSPS) is 16.0. The number of aromatic nitrogens is 2. The van der Waals surface area contributed by atoms with Crippen molar-refractivity contribution in [3.8, 4) is 5.75 Å². The lowest BCUT2D eigenvalue weighted by molar-refractivity contribution is -0.128. The zero-order valence-corrected chi connectivity index (χ0v) is 17.6. The molecular formula is C24H25N5O2. The van der Waals surface area contributed by atoms with Crippen molar-refractivity contribution in [2.75, 3.05) is 13.7 Å². The van der Waals surface area contributed by atoms with Gasteiger partial charge in [0.2, 0.25) is 0 Å². The number of ether oxygens (including phenoxy) is 1. The van der Waals surface area contributed by atoms with Gasteiger partial charge in [0.25, 0.3) is 5.91 Å². The fraction of sp³-hybridized carbons (Fsp3) is 0.208. The van der Waals surface area contributed by atoms with Crippen molar-refractivity contribution in [3.63, 3.8) is 0 Å². The van der Waals surface area contributed by atoms with E-state index in [4.69, 9.17) is 15.9 Å². The van der Waals surface area contributed by atoms with E-state index in [0.29, 0.717) is 24.4 Å². The topological polar surface area (TPSA) is 97.2 Å². The van der Waals surface area contributed by atoms with E-state index in [-0.39, 0.29) is 23.2 Å². The third-order valence-corrected chi connectivity index (χ3v) is 5.55. The molecule has 1 aliphatic heterocycles. The molecule has 3 aromatic rings. The monoisotopic (exact) mass is 415 g/mol. The largest absolute Gasteiger partial charge is 0.496 e. The van der Waals surface area contributed by atoms with Crippen LogP contribution in [0, 0.1) is 5.41 Å². The van der Waals surface area contributed by atoms with Crippen LogP contribution in [0.5, 0.6) is 5.75 Å². The number of hydrogen-bond donors (Lipinski definition) is 2. The van der Waals surface area contributed by atoms with Crippen molar-refractivity contribution >= 4 is 11.6 Å². The predicted octanol–water partition coefficient (Wildman–Crippen LogP) is 2.81. The van der Waals surface area contributed by atoms with Crippen LogP contribution in [0.2, 0.25) is 0 Å². The number of fused-ring (bicyclic) bond motifs is 1. The summed E-state index contributed by atoms with van der Waals surface area (Å²) < 4.78 is 7.08. The Bertz CT molecular complexity index is 1160. The van der Waals surface area contributed by atoms with Gasteiger partial charge in [0.1, 0.15) is 5.75 Å². The van der Waals surface area contributed by atoms with Gasteiger partial charge >= 0.3 is 0 Å². The van der Waals surface area contributed by atoms with E-state index in [1.165, 1.54) is 11.6 Å². The molecule has 1 amide bonds. The number of hydrogen-bond acceptors (Lipinski definition) is 5. The van der Waals surface area contributed by atoms with E-state index in [1.807, 2.05) is 49.8 Å². The van der Waals surface area contributed by atoms with Crippen LogP contribution in [-0.2, 0) is 18.4 Å². The van der Waals surface area contributed by atoms with Gasteiger partial charge < -0.3 is 20.8 Å². The Morgan fingerprint density at radius 2 is 1.97 bits per heavy atom. The molecular weight excluding hydrogens is 390 g/mol. The molecule has 7 nitrogen and oxygen atoms in total. The molecule has 31 heavy (non-hydrogen) atoms. The summed E-state index contributed by atoms with van der Waals surface area (Å²) in [5.74, 6) is 0.291. The fourth-order valence-electron chi connectivity index (χ4n) is 4.01. The number of amides is 1. The van der Waals surface area contributed by atoms with E-state index >= 15 is 0 Å². The number of carbonyl (C=O) groups excluding carboxylic acids is 1. The minimum absolute atomic E-state index is 0.0177. The van der Waals surface area contributed by atoms with Gasteiger partial charge in [0, 0.05) is 37.8 Å². The number of para-hydroxylation sites is 1. The molecule has 1 atom stereocenters. The van der Waals surface area contributed by atoms with Crippen LogP contribution < -0.4 is 10.5 Å². The molecule has 1 aliphatic rings. The van der Waals surface area contributed by atoms with Crippen molar-refractivity contribution in [2.24, 2.45) is 12.8 Å². The van der Waals surface area contributed by atoms with Crippen LogP contribution >= 0.6 is 0 Å². The van der Waals surface area contributed by atoms with Gasteiger partial charge in [-0.3, -0.25) is 9.48 Å². The second-order valence-corrected chi connectivity index (χ2v) is 7.60. The molecule has 0 bridgehead atoms. The third-order valence-electron chi connectivity index (χ3n) is 5.55. The van der Waals surface area contributed by atoms with E-state index in [1.54, 1.807) is 28.8 Å². The standard InChI is InChI=1S/C24H25N5O2/c1-28-13-17(12-27-28)20-15-29(14-16-7-3-4-8-18(16)20)24(30)22(26)11-21(25)19-9-5-6-10-23(19)31-2/h3-13,20,25H,14-15,26H2,1-2H3/b22-11-,25-21?. The quantitative estimate of drug-likeness (QED) is 0.495. The molecule has 158 valence electrons. The maximum Gasteiger partial charge on any atom is 0.270 e. The number of allylic oxidation sites excluding steroid dienone is 1. The van der Waals surface area contributed by atoms with Crippen LogP contribution in [-0.4, -0.2) is 40.0 Å². The Kier molecular flexibility index (Phi) is 5.58. The number of rotatable bonds is 5. The predicted molar refractivity (Wildman–Crippen MR) is 119 cm³/mol. The number of methoxy groups -OCH3 is 1. The molecule has 0 fully saturated rings. The molecule has 2 aromatic carbocycles. The summed E-state index contributed by atoms with van der Waals surface area (Å²) in [6.07, 6.45) is 5.22. The summed E-state index contributed by atoms with van der Waals surface area (Å²) in [5, 5.41) is 12.7. The smallest absolute Gasteiger partial charge is 0.270 e. The molecule has 2 heterocycles. The number of nitrogens with two attached hydrogens (primary N) is 1. The van der Waals surface area contributed by atoms with Gasteiger partial charge in [0.15, 0.2) is 0 Å². The first-order chi connectivity index (χ1) is 15.0. The lowest BCUT2D eigenvalue weighted by Gasteiger charge is -2.34. The van der Waals surface area contributed by atoms with Crippen molar-refractivity contribution < 1.29 is 9.53 Å². The highest BCUT2D eigenvalue weighted by Crippen LogP contribution is 2.33. The Morgan fingerprint density at radius 3 is 2.71 bits per heavy atom. The average molecular weight is 415 g/mol. The summed E-state index contributed by atoms with van der Waals surface area (Å²) in [7, 11) is 3.43. The van der Waals surface area contributed by atoms with E-state index in [9.17, 15) is 4.79 Å². The van der Waals surface area contributed by atoms with E-state index in [2.05, 4.69) is 11.2 Å². The van der Waals surface area contributed by atoms with Crippen LogP contribution in [0.1, 0.15) is 28.2 Å².